The number of aliphatic hydroxyl groups is 1. The van der Waals surface area contributed by atoms with Crippen LogP contribution in [0.3, 0.4) is 0 Å². The van der Waals surface area contributed by atoms with E-state index in [9.17, 15) is 9.90 Å². The van der Waals surface area contributed by atoms with Gasteiger partial charge in [0.2, 0.25) is 0 Å². The van der Waals surface area contributed by atoms with Crippen molar-refractivity contribution >= 4 is 5.97 Å². The standard InChI is InChI=1S/C39H68O4/c1-3-5-7-9-11-13-15-17-19-21-23-25-27-29-31-33-35-42-37-38(36-40)43-39(41)34-32-30-28-26-24-22-20-18-16-14-12-10-8-6-4-2/h5,7,11,13,17,19,23,25,29,31,38,40H,3-4,6,8-10,12,14-16,18,20-22,24,26-28,30,32-37H2,1-2H3/b7-5-,13-11-,19-17-,25-23-,31-29-. The van der Waals surface area contributed by atoms with Gasteiger partial charge < -0.3 is 14.6 Å². The van der Waals surface area contributed by atoms with E-state index in [2.05, 4.69) is 74.6 Å². The summed E-state index contributed by atoms with van der Waals surface area (Å²) in [4.78, 5) is 12.1. The third-order valence-corrected chi connectivity index (χ3v) is 7.38. The van der Waals surface area contributed by atoms with Crippen LogP contribution in [0.2, 0.25) is 0 Å². The van der Waals surface area contributed by atoms with Crippen molar-refractivity contribution in [3.63, 3.8) is 0 Å². The van der Waals surface area contributed by atoms with Crippen molar-refractivity contribution in [1.29, 1.82) is 0 Å². The molecule has 0 radical (unpaired) electrons. The Morgan fingerprint density at radius 3 is 1.44 bits per heavy atom. The molecule has 1 N–H and O–H groups in total. The van der Waals surface area contributed by atoms with Gasteiger partial charge in [-0.15, -0.1) is 0 Å². The summed E-state index contributed by atoms with van der Waals surface area (Å²) in [6.45, 7) is 5.02. The molecule has 0 amide bonds. The van der Waals surface area contributed by atoms with E-state index < -0.39 is 6.10 Å². The molecule has 0 aliphatic carbocycles. The third kappa shape index (κ3) is 34.4. The second-order valence-corrected chi connectivity index (χ2v) is 11.6. The van der Waals surface area contributed by atoms with Gasteiger partial charge in [0.15, 0.2) is 0 Å². The Hall–Kier alpha value is -1.91. The third-order valence-electron chi connectivity index (χ3n) is 7.38. The van der Waals surface area contributed by atoms with Crippen LogP contribution in [-0.4, -0.2) is 37.0 Å². The summed E-state index contributed by atoms with van der Waals surface area (Å²) < 4.78 is 11.0. The zero-order valence-corrected chi connectivity index (χ0v) is 28.2. The van der Waals surface area contributed by atoms with Gasteiger partial charge in [-0.1, -0.05) is 164 Å². The average Bonchev–Trinajstić information content (AvgIpc) is 3.01. The fourth-order valence-corrected chi connectivity index (χ4v) is 4.74. The normalized spacial score (nSPS) is 13.1. The van der Waals surface area contributed by atoms with E-state index in [0.717, 1.165) is 51.4 Å². The molecule has 0 aromatic carbocycles. The van der Waals surface area contributed by atoms with Crippen molar-refractivity contribution in [3.05, 3.63) is 60.8 Å². The highest BCUT2D eigenvalue weighted by molar-refractivity contribution is 5.69. The summed E-state index contributed by atoms with van der Waals surface area (Å²) in [5, 5.41) is 9.53. The molecule has 0 spiro atoms. The zero-order valence-electron chi connectivity index (χ0n) is 28.2. The highest BCUT2D eigenvalue weighted by Crippen LogP contribution is 2.14. The van der Waals surface area contributed by atoms with Crippen LogP contribution in [-0.2, 0) is 14.3 Å². The average molecular weight is 601 g/mol. The van der Waals surface area contributed by atoms with Crippen LogP contribution in [0.1, 0.15) is 155 Å². The summed E-state index contributed by atoms with van der Waals surface area (Å²) in [6, 6.07) is 0. The molecule has 0 bridgehead atoms. The van der Waals surface area contributed by atoms with Crippen LogP contribution in [0.4, 0.5) is 0 Å². The number of unbranched alkanes of at least 4 members (excludes halogenated alkanes) is 14. The van der Waals surface area contributed by atoms with E-state index in [0.29, 0.717) is 13.0 Å². The Morgan fingerprint density at radius 2 is 1.00 bits per heavy atom. The minimum absolute atomic E-state index is 0.202. The zero-order chi connectivity index (χ0) is 31.3. The molecule has 248 valence electrons. The number of esters is 1. The molecule has 1 atom stereocenters. The summed E-state index contributed by atoms with van der Waals surface area (Å²) in [7, 11) is 0. The van der Waals surface area contributed by atoms with Crippen molar-refractivity contribution in [3.8, 4) is 0 Å². The minimum atomic E-state index is -0.572. The van der Waals surface area contributed by atoms with E-state index in [1.807, 2.05) is 0 Å². The number of ether oxygens (including phenoxy) is 2. The SMILES string of the molecule is CC/C=C\C/C=C\C/C=C\C/C=C\C/C=C\CCOCC(CO)OC(=O)CCCCCCCCCCCCCCCCC. The maximum absolute atomic E-state index is 12.1. The lowest BCUT2D eigenvalue weighted by Crippen LogP contribution is -2.27. The van der Waals surface area contributed by atoms with Gasteiger partial charge in [-0.3, -0.25) is 4.79 Å². The number of hydrogen-bond donors (Lipinski definition) is 1. The molecule has 0 fully saturated rings. The van der Waals surface area contributed by atoms with Gasteiger partial charge in [-0.2, -0.15) is 0 Å². The Bertz CT molecular complexity index is 719. The molecular weight excluding hydrogens is 532 g/mol. The highest BCUT2D eigenvalue weighted by Gasteiger charge is 2.13. The van der Waals surface area contributed by atoms with Gasteiger partial charge >= 0.3 is 5.97 Å². The maximum atomic E-state index is 12.1. The summed E-state index contributed by atoms with van der Waals surface area (Å²) >= 11 is 0. The Labute approximate surface area is 266 Å². The summed E-state index contributed by atoms with van der Waals surface area (Å²) in [6.07, 6.45) is 47.0. The Kier molecular flexibility index (Phi) is 34.7. The molecular formula is C39H68O4. The van der Waals surface area contributed by atoms with Crippen molar-refractivity contribution in [2.75, 3.05) is 19.8 Å². The van der Waals surface area contributed by atoms with E-state index in [-0.39, 0.29) is 19.2 Å². The van der Waals surface area contributed by atoms with Crippen molar-refractivity contribution in [1.82, 2.24) is 0 Å². The molecule has 1 unspecified atom stereocenters. The smallest absolute Gasteiger partial charge is 0.306 e. The van der Waals surface area contributed by atoms with E-state index in [1.165, 1.54) is 83.5 Å². The molecule has 4 heteroatoms. The van der Waals surface area contributed by atoms with Crippen LogP contribution in [0.25, 0.3) is 0 Å². The first-order valence-electron chi connectivity index (χ1n) is 17.9. The van der Waals surface area contributed by atoms with E-state index >= 15 is 0 Å². The predicted octanol–water partition coefficient (Wildman–Crippen LogP) is 11.3. The van der Waals surface area contributed by atoms with Crippen LogP contribution in [0.5, 0.6) is 0 Å². The minimum Gasteiger partial charge on any atom is -0.457 e. The molecule has 0 saturated heterocycles. The largest absolute Gasteiger partial charge is 0.457 e. The lowest BCUT2D eigenvalue weighted by atomic mass is 10.0. The van der Waals surface area contributed by atoms with Crippen LogP contribution < -0.4 is 0 Å². The Balaban J connectivity index is 3.57. The van der Waals surface area contributed by atoms with Gasteiger partial charge in [0.1, 0.15) is 6.10 Å². The number of allylic oxidation sites excluding steroid dienone is 9. The lowest BCUT2D eigenvalue weighted by Gasteiger charge is -2.15. The molecule has 43 heavy (non-hydrogen) atoms. The quantitative estimate of drug-likeness (QED) is 0.0474. The monoisotopic (exact) mass is 601 g/mol. The molecule has 0 aliphatic rings. The fourth-order valence-electron chi connectivity index (χ4n) is 4.74. The molecule has 0 rings (SSSR count). The first-order valence-corrected chi connectivity index (χ1v) is 17.9. The number of hydrogen-bond acceptors (Lipinski definition) is 4. The number of rotatable bonds is 32. The first-order chi connectivity index (χ1) is 21.2. The van der Waals surface area contributed by atoms with Gasteiger partial charge in [-0.25, -0.2) is 0 Å². The molecule has 0 saturated carbocycles. The van der Waals surface area contributed by atoms with Gasteiger partial charge in [0, 0.05) is 6.42 Å². The van der Waals surface area contributed by atoms with E-state index in [4.69, 9.17) is 9.47 Å². The molecule has 0 aliphatic heterocycles. The molecule has 0 aromatic heterocycles. The second-order valence-electron chi connectivity index (χ2n) is 11.6. The fraction of sp³-hybridized carbons (Fsp3) is 0.718. The lowest BCUT2D eigenvalue weighted by molar-refractivity contribution is -0.154. The molecule has 4 nitrogen and oxygen atoms in total. The molecule has 0 heterocycles. The van der Waals surface area contributed by atoms with E-state index in [1.54, 1.807) is 0 Å². The maximum Gasteiger partial charge on any atom is 0.306 e. The number of carbonyl (C=O) groups excluding carboxylic acids is 1. The van der Waals surface area contributed by atoms with Crippen LogP contribution >= 0.6 is 0 Å². The van der Waals surface area contributed by atoms with Crippen molar-refractivity contribution in [2.45, 2.75) is 161 Å². The van der Waals surface area contributed by atoms with Crippen molar-refractivity contribution in [2.24, 2.45) is 0 Å². The number of aliphatic hydroxyl groups excluding tert-OH is 1. The Morgan fingerprint density at radius 1 is 0.581 bits per heavy atom. The first kappa shape index (κ1) is 41.1. The summed E-state index contributed by atoms with van der Waals surface area (Å²) in [5.41, 5.74) is 0. The van der Waals surface area contributed by atoms with Crippen LogP contribution in [0, 0.1) is 0 Å². The second kappa shape index (κ2) is 36.3. The van der Waals surface area contributed by atoms with Gasteiger partial charge in [0.25, 0.3) is 0 Å². The van der Waals surface area contributed by atoms with Gasteiger partial charge in [-0.05, 0) is 44.9 Å². The summed E-state index contributed by atoms with van der Waals surface area (Å²) in [5.74, 6) is -0.227. The van der Waals surface area contributed by atoms with Crippen LogP contribution in [0.15, 0.2) is 60.8 Å². The predicted molar refractivity (Wildman–Crippen MR) is 186 cm³/mol. The topological polar surface area (TPSA) is 55.8 Å². The van der Waals surface area contributed by atoms with Gasteiger partial charge in [0.05, 0.1) is 19.8 Å². The molecule has 0 aromatic rings. The highest BCUT2D eigenvalue weighted by atomic mass is 16.6. The van der Waals surface area contributed by atoms with Crippen molar-refractivity contribution < 1.29 is 19.4 Å². The number of carbonyl (C=O) groups is 1.